The van der Waals surface area contributed by atoms with Crippen LogP contribution in [0.3, 0.4) is 0 Å². The average Bonchev–Trinajstić information content (AvgIpc) is 3.03. The Balaban J connectivity index is 1.65. The molecule has 0 radical (unpaired) electrons. The molecule has 0 bridgehead atoms. The number of benzene rings is 1. The van der Waals surface area contributed by atoms with Crippen molar-refractivity contribution in [3.63, 3.8) is 0 Å². The third-order valence-electron chi connectivity index (χ3n) is 4.51. The summed E-state index contributed by atoms with van der Waals surface area (Å²) < 4.78 is 13.3. The van der Waals surface area contributed by atoms with Crippen LogP contribution in [0.2, 0.25) is 0 Å². The number of nitrogens with two attached hydrogens (primary N) is 1. The molecular formula is C18H22FN3OS. The number of halogens is 1. The van der Waals surface area contributed by atoms with Crippen molar-refractivity contribution < 1.29 is 9.18 Å². The smallest absolute Gasteiger partial charge is 0.228 e. The highest BCUT2D eigenvalue weighted by Crippen LogP contribution is 2.25. The fourth-order valence-corrected chi connectivity index (χ4v) is 3.89. The van der Waals surface area contributed by atoms with Gasteiger partial charge in [-0.1, -0.05) is 12.1 Å². The van der Waals surface area contributed by atoms with Crippen molar-refractivity contribution in [2.24, 2.45) is 11.7 Å². The number of piperidine rings is 1. The third-order valence-corrected chi connectivity index (χ3v) is 5.45. The molecule has 1 amide bonds. The molecule has 2 N–H and O–H groups in total. The number of rotatable bonds is 4. The van der Waals surface area contributed by atoms with Crippen LogP contribution in [0.5, 0.6) is 0 Å². The molecule has 1 aliphatic heterocycles. The van der Waals surface area contributed by atoms with Gasteiger partial charge in [0.1, 0.15) is 10.8 Å². The number of likely N-dealkylation sites (tertiary alicyclic amines) is 1. The molecule has 2 aromatic rings. The summed E-state index contributed by atoms with van der Waals surface area (Å²) >= 11 is 1.44. The summed E-state index contributed by atoms with van der Waals surface area (Å²) in [6.45, 7) is 3.53. The van der Waals surface area contributed by atoms with Gasteiger partial charge in [-0.15, -0.1) is 11.3 Å². The molecule has 1 aromatic heterocycles. The lowest BCUT2D eigenvalue weighted by atomic mass is 9.92. The first-order valence-corrected chi connectivity index (χ1v) is 9.14. The molecule has 24 heavy (non-hydrogen) atoms. The van der Waals surface area contributed by atoms with Gasteiger partial charge in [-0.25, -0.2) is 9.37 Å². The van der Waals surface area contributed by atoms with Crippen molar-refractivity contribution in [3.8, 4) is 10.6 Å². The summed E-state index contributed by atoms with van der Waals surface area (Å²) in [6, 6.07) is 6.47. The second-order valence-electron chi connectivity index (χ2n) is 6.43. The Kier molecular flexibility index (Phi) is 5.26. The highest BCUT2D eigenvalue weighted by molar-refractivity contribution is 7.13. The first-order chi connectivity index (χ1) is 11.5. The minimum absolute atomic E-state index is 0.0939. The first-order valence-electron chi connectivity index (χ1n) is 8.26. The SMILES string of the molecule is CC(N)C1CCCN(C(=O)Cc2csc(-c3cccc(F)c3)n2)C1. The van der Waals surface area contributed by atoms with E-state index >= 15 is 0 Å². The number of hydrogen-bond donors (Lipinski definition) is 1. The maximum Gasteiger partial charge on any atom is 0.228 e. The van der Waals surface area contributed by atoms with Crippen molar-refractivity contribution in [2.45, 2.75) is 32.2 Å². The monoisotopic (exact) mass is 347 g/mol. The summed E-state index contributed by atoms with van der Waals surface area (Å²) in [5, 5.41) is 2.62. The molecule has 2 atom stereocenters. The summed E-state index contributed by atoms with van der Waals surface area (Å²) in [6.07, 6.45) is 2.38. The van der Waals surface area contributed by atoms with Crippen LogP contribution < -0.4 is 5.73 Å². The predicted molar refractivity (Wildman–Crippen MR) is 94.2 cm³/mol. The van der Waals surface area contributed by atoms with Crippen molar-refractivity contribution in [1.82, 2.24) is 9.88 Å². The van der Waals surface area contributed by atoms with Crippen molar-refractivity contribution >= 4 is 17.2 Å². The van der Waals surface area contributed by atoms with E-state index in [2.05, 4.69) is 4.98 Å². The Hall–Kier alpha value is -1.79. The molecule has 6 heteroatoms. The second-order valence-corrected chi connectivity index (χ2v) is 7.29. The van der Waals surface area contributed by atoms with E-state index in [1.165, 1.54) is 23.5 Å². The molecule has 2 unspecified atom stereocenters. The van der Waals surface area contributed by atoms with E-state index < -0.39 is 0 Å². The van der Waals surface area contributed by atoms with Crippen molar-refractivity contribution in [1.29, 1.82) is 0 Å². The average molecular weight is 347 g/mol. The van der Waals surface area contributed by atoms with Gasteiger partial charge in [-0.3, -0.25) is 4.79 Å². The van der Waals surface area contributed by atoms with E-state index in [1.807, 2.05) is 23.3 Å². The van der Waals surface area contributed by atoms with E-state index in [0.717, 1.165) is 42.2 Å². The van der Waals surface area contributed by atoms with Gasteiger partial charge >= 0.3 is 0 Å². The molecule has 4 nitrogen and oxygen atoms in total. The normalized spacial score (nSPS) is 19.3. The van der Waals surface area contributed by atoms with E-state index in [1.54, 1.807) is 6.07 Å². The molecule has 1 aromatic carbocycles. The Bertz CT molecular complexity index is 716. The standard InChI is InChI=1S/C18H22FN3OS/c1-12(20)14-5-3-7-22(10-14)17(23)9-16-11-24-18(21-16)13-4-2-6-15(19)8-13/h2,4,6,8,11-12,14H,3,5,7,9-10,20H2,1H3. The summed E-state index contributed by atoms with van der Waals surface area (Å²) in [5.74, 6) is 0.188. The minimum Gasteiger partial charge on any atom is -0.342 e. The van der Waals surface area contributed by atoms with Gasteiger partial charge in [0.25, 0.3) is 0 Å². The molecule has 0 spiro atoms. The van der Waals surface area contributed by atoms with E-state index in [-0.39, 0.29) is 24.2 Å². The largest absolute Gasteiger partial charge is 0.342 e. The van der Waals surface area contributed by atoms with Gasteiger partial charge in [0.05, 0.1) is 12.1 Å². The quantitative estimate of drug-likeness (QED) is 0.925. The molecule has 128 valence electrons. The second kappa shape index (κ2) is 7.40. The number of nitrogens with zero attached hydrogens (tertiary/aromatic N) is 2. The highest BCUT2D eigenvalue weighted by Gasteiger charge is 2.26. The summed E-state index contributed by atoms with van der Waals surface area (Å²) in [4.78, 5) is 18.9. The Morgan fingerprint density at radius 1 is 1.54 bits per heavy atom. The van der Waals surface area contributed by atoms with Gasteiger partial charge in [0, 0.05) is 30.1 Å². The summed E-state index contributed by atoms with van der Waals surface area (Å²) in [5.41, 5.74) is 7.47. The van der Waals surface area contributed by atoms with Crippen LogP contribution in [0, 0.1) is 11.7 Å². The molecule has 0 saturated carbocycles. The van der Waals surface area contributed by atoms with Crippen LogP contribution in [0.1, 0.15) is 25.5 Å². The van der Waals surface area contributed by atoms with E-state index in [0.29, 0.717) is 5.92 Å². The predicted octanol–water partition coefficient (Wildman–Crippen LogP) is 3.08. The lowest BCUT2D eigenvalue weighted by Gasteiger charge is -2.34. The molecule has 1 fully saturated rings. The topological polar surface area (TPSA) is 59.2 Å². The first kappa shape index (κ1) is 17.0. The van der Waals surface area contributed by atoms with Crippen molar-refractivity contribution in [3.05, 3.63) is 41.2 Å². The fourth-order valence-electron chi connectivity index (χ4n) is 3.07. The maximum atomic E-state index is 13.3. The summed E-state index contributed by atoms with van der Waals surface area (Å²) in [7, 11) is 0. The molecule has 0 aliphatic carbocycles. The number of hydrogen-bond acceptors (Lipinski definition) is 4. The molecule has 1 saturated heterocycles. The molecule has 3 rings (SSSR count). The minimum atomic E-state index is -0.282. The van der Waals surface area contributed by atoms with Crippen LogP contribution >= 0.6 is 11.3 Å². The maximum absolute atomic E-state index is 13.3. The lowest BCUT2D eigenvalue weighted by molar-refractivity contribution is -0.132. The number of carbonyl (C=O) groups is 1. The fraction of sp³-hybridized carbons (Fsp3) is 0.444. The zero-order valence-corrected chi connectivity index (χ0v) is 14.6. The Morgan fingerprint density at radius 3 is 3.12 bits per heavy atom. The molecule has 1 aliphatic rings. The Morgan fingerprint density at radius 2 is 2.38 bits per heavy atom. The molecule has 2 heterocycles. The number of amides is 1. The van der Waals surface area contributed by atoms with Crippen LogP contribution in [0.15, 0.2) is 29.6 Å². The van der Waals surface area contributed by atoms with E-state index in [4.69, 9.17) is 5.73 Å². The zero-order chi connectivity index (χ0) is 17.1. The van der Waals surface area contributed by atoms with Crippen LogP contribution in [-0.4, -0.2) is 34.9 Å². The van der Waals surface area contributed by atoms with Gasteiger partial charge in [-0.2, -0.15) is 0 Å². The Labute approximate surface area is 145 Å². The number of carbonyl (C=O) groups excluding carboxylic acids is 1. The van der Waals surface area contributed by atoms with Crippen LogP contribution in [0.4, 0.5) is 4.39 Å². The van der Waals surface area contributed by atoms with Gasteiger partial charge < -0.3 is 10.6 Å². The van der Waals surface area contributed by atoms with Gasteiger partial charge in [-0.05, 0) is 37.8 Å². The third kappa shape index (κ3) is 3.99. The zero-order valence-electron chi connectivity index (χ0n) is 13.7. The lowest BCUT2D eigenvalue weighted by Crippen LogP contribution is -2.45. The number of aromatic nitrogens is 1. The van der Waals surface area contributed by atoms with E-state index in [9.17, 15) is 9.18 Å². The van der Waals surface area contributed by atoms with Crippen molar-refractivity contribution in [2.75, 3.05) is 13.1 Å². The van der Waals surface area contributed by atoms with Gasteiger partial charge in [0.2, 0.25) is 5.91 Å². The molecular weight excluding hydrogens is 325 g/mol. The van der Waals surface area contributed by atoms with Crippen LogP contribution in [0.25, 0.3) is 10.6 Å². The van der Waals surface area contributed by atoms with Gasteiger partial charge in [0.15, 0.2) is 0 Å². The highest BCUT2D eigenvalue weighted by atomic mass is 32.1. The van der Waals surface area contributed by atoms with Crippen LogP contribution in [-0.2, 0) is 11.2 Å². The number of thiazole rings is 1.